The predicted molar refractivity (Wildman–Crippen MR) is 224 cm³/mol. The molecule has 2 N–H and O–H groups in total. The number of thiophene rings is 1. The molecule has 3 fully saturated rings. The second-order valence-corrected chi connectivity index (χ2v) is 17.4. The quantitative estimate of drug-likeness (QED) is 0.138. The summed E-state index contributed by atoms with van der Waals surface area (Å²) in [7, 11) is 0. The number of hydrogen-bond acceptors (Lipinski definition) is 10. The van der Waals surface area contributed by atoms with Gasteiger partial charge in [0.05, 0.1) is 17.0 Å². The maximum atomic E-state index is 16.0. The minimum atomic E-state index is -0.893. The van der Waals surface area contributed by atoms with Gasteiger partial charge in [-0.2, -0.15) is 0 Å². The zero-order valence-corrected chi connectivity index (χ0v) is 34.5. The smallest absolute Gasteiger partial charge is 0.255 e. The highest BCUT2D eigenvalue weighted by molar-refractivity contribution is 9.10. The number of ether oxygens (including phenoxy) is 2. The standard InChI is InChI=1S/C44H42BrF2N5O6S/c45-27-3-1-26(2-4-27)42-41(32-10-5-29(53)23-37(32)59-42)58-31-8-6-30(7-9-31)57-22-21-49-15-13-28(14-16-49)50-17-19-51(20-18-50)40-35(46)24-33-34(39(40)47)25-52(44(33)56)36-11-12-38(54)48-43(36)55/h1-10,23-24,28,36,53H,11-22,25H2,(H,48,54,55). The lowest BCUT2D eigenvalue weighted by molar-refractivity contribution is -0.136. The molecule has 3 saturated heterocycles. The molecule has 0 saturated carbocycles. The third-order valence-corrected chi connectivity index (χ3v) is 13.6. The van der Waals surface area contributed by atoms with E-state index >= 15 is 8.78 Å². The number of benzene rings is 4. The van der Waals surface area contributed by atoms with Crippen LogP contribution in [0.3, 0.4) is 0 Å². The van der Waals surface area contributed by atoms with E-state index in [4.69, 9.17) is 9.47 Å². The maximum absolute atomic E-state index is 16.0. The number of nitrogens with zero attached hydrogens (tertiary/aromatic N) is 4. The number of piperidine rings is 2. The van der Waals surface area contributed by atoms with Crippen LogP contribution in [0.25, 0.3) is 20.5 Å². The first-order valence-electron chi connectivity index (χ1n) is 19.9. The first kappa shape index (κ1) is 39.4. The van der Waals surface area contributed by atoms with Crippen molar-refractivity contribution in [3.8, 4) is 33.4 Å². The van der Waals surface area contributed by atoms with E-state index in [9.17, 15) is 19.5 Å². The van der Waals surface area contributed by atoms with E-state index in [-0.39, 0.29) is 42.0 Å². The van der Waals surface area contributed by atoms with E-state index in [1.165, 1.54) is 4.90 Å². The molecule has 11 nitrogen and oxygen atoms in total. The van der Waals surface area contributed by atoms with Crippen LogP contribution in [0.2, 0.25) is 0 Å². The van der Waals surface area contributed by atoms with Gasteiger partial charge >= 0.3 is 0 Å². The van der Waals surface area contributed by atoms with Crippen LogP contribution in [0.5, 0.6) is 23.0 Å². The van der Waals surface area contributed by atoms with Crippen molar-refractivity contribution >= 4 is 60.8 Å². The molecule has 1 aromatic heterocycles. The summed E-state index contributed by atoms with van der Waals surface area (Å²) in [6, 6.07) is 21.6. The molecule has 3 amide bonds. The van der Waals surface area contributed by atoms with Gasteiger partial charge in [-0.25, -0.2) is 8.78 Å². The van der Waals surface area contributed by atoms with Crippen molar-refractivity contribution in [2.75, 3.05) is 57.3 Å². The number of hydrogen-bond donors (Lipinski definition) is 2. The Morgan fingerprint density at radius 1 is 0.864 bits per heavy atom. The van der Waals surface area contributed by atoms with E-state index in [0.29, 0.717) is 44.6 Å². The number of carbonyl (C=O) groups excluding carboxylic acids is 3. The van der Waals surface area contributed by atoms with Crippen LogP contribution in [0.15, 0.2) is 77.3 Å². The number of halogens is 3. The van der Waals surface area contributed by atoms with Crippen molar-refractivity contribution < 1.29 is 37.7 Å². The second-order valence-electron chi connectivity index (χ2n) is 15.4. The Labute approximate surface area is 352 Å². The number of aromatic hydroxyl groups is 1. The highest BCUT2D eigenvalue weighted by Gasteiger charge is 2.42. The summed E-state index contributed by atoms with van der Waals surface area (Å²) >= 11 is 5.09. The molecule has 1 unspecified atom stereocenters. The SMILES string of the molecule is O=C1CCC(N2Cc3c(cc(F)c(N4CCN(C5CCN(CCOc6ccc(Oc7c(-c8ccc(Br)cc8)sc8cc(O)ccc78)cc6)CC5)CC4)c3F)C2=O)C(=O)N1. The molecular weight excluding hydrogens is 844 g/mol. The number of imide groups is 1. The van der Waals surface area contributed by atoms with Crippen molar-refractivity contribution in [2.24, 2.45) is 0 Å². The Hall–Kier alpha value is -5.09. The lowest BCUT2D eigenvalue weighted by Gasteiger charge is -2.43. The molecule has 9 rings (SSSR count). The topological polar surface area (TPSA) is 115 Å². The zero-order valence-electron chi connectivity index (χ0n) is 32.1. The van der Waals surface area contributed by atoms with Gasteiger partial charge in [-0.1, -0.05) is 28.1 Å². The van der Waals surface area contributed by atoms with E-state index < -0.39 is 35.4 Å². The first-order chi connectivity index (χ1) is 28.6. The number of phenolic OH excluding ortho intramolecular Hbond substituents is 1. The summed E-state index contributed by atoms with van der Waals surface area (Å²) < 4.78 is 46.0. The molecule has 0 bridgehead atoms. The molecule has 0 radical (unpaired) electrons. The van der Waals surface area contributed by atoms with Crippen molar-refractivity contribution in [3.05, 3.63) is 100 Å². The van der Waals surface area contributed by atoms with Gasteiger partial charge in [0.2, 0.25) is 11.8 Å². The highest BCUT2D eigenvalue weighted by atomic mass is 79.9. The third-order valence-electron chi connectivity index (χ3n) is 11.9. The average molecular weight is 887 g/mol. The molecular formula is C44H42BrF2N5O6S. The molecule has 0 spiro atoms. The summed E-state index contributed by atoms with van der Waals surface area (Å²) in [6.07, 6.45) is 2.22. The number of piperazine rings is 1. The Morgan fingerprint density at radius 2 is 1.59 bits per heavy atom. The van der Waals surface area contributed by atoms with E-state index in [0.717, 1.165) is 75.0 Å². The van der Waals surface area contributed by atoms with Crippen LogP contribution in [-0.4, -0.2) is 102 Å². The molecule has 4 aliphatic rings. The van der Waals surface area contributed by atoms with Gasteiger partial charge in [-0.05, 0) is 98.6 Å². The normalized spacial score (nSPS) is 19.4. The molecule has 1 atom stereocenters. The van der Waals surface area contributed by atoms with Crippen LogP contribution in [0, 0.1) is 11.6 Å². The van der Waals surface area contributed by atoms with Crippen molar-refractivity contribution in [2.45, 2.75) is 44.3 Å². The largest absolute Gasteiger partial charge is 0.508 e. The van der Waals surface area contributed by atoms with Gasteiger partial charge in [0.25, 0.3) is 5.91 Å². The van der Waals surface area contributed by atoms with Crippen molar-refractivity contribution in [1.82, 2.24) is 20.0 Å². The molecule has 4 aromatic carbocycles. The lowest BCUT2D eigenvalue weighted by atomic mass is 10.0. The molecule has 4 aliphatic heterocycles. The van der Waals surface area contributed by atoms with Gasteiger partial charge in [0.15, 0.2) is 11.6 Å². The number of anilines is 1. The summed E-state index contributed by atoms with van der Waals surface area (Å²) in [5.41, 5.74) is 0.936. The van der Waals surface area contributed by atoms with Crippen LogP contribution in [0.1, 0.15) is 41.6 Å². The summed E-state index contributed by atoms with van der Waals surface area (Å²) in [5.74, 6) is -0.732. The number of amides is 3. The number of likely N-dealkylation sites (tertiary alicyclic amines) is 1. The fourth-order valence-corrected chi connectivity index (χ4v) is 10.1. The predicted octanol–water partition coefficient (Wildman–Crippen LogP) is 7.53. The minimum absolute atomic E-state index is 0.0640. The summed E-state index contributed by atoms with van der Waals surface area (Å²) in [5, 5.41) is 13.3. The Morgan fingerprint density at radius 3 is 2.32 bits per heavy atom. The number of nitrogens with one attached hydrogen (secondary N) is 1. The van der Waals surface area contributed by atoms with Gasteiger partial charge in [-0.15, -0.1) is 11.3 Å². The molecule has 306 valence electrons. The van der Waals surface area contributed by atoms with Crippen LogP contribution < -0.4 is 19.7 Å². The fourth-order valence-electron chi connectivity index (χ4n) is 8.70. The van der Waals surface area contributed by atoms with Crippen LogP contribution in [0.4, 0.5) is 14.5 Å². The molecule has 0 aliphatic carbocycles. The molecule has 5 aromatic rings. The first-order valence-corrected chi connectivity index (χ1v) is 21.5. The number of fused-ring (bicyclic) bond motifs is 2. The van der Waals surface area contributed by atoms with E-state index in [2.05, 4.69) is 31.0 Å². The van der Waals surface area contributed by atoms with Crippen LogP contribution >= 0.6 is 27.3 Å². The van der Waals surface area contributed by atoms with Gasteiger partial charge in [-0.3, -0.25) is 29.5 Å². The van der Waals surface area contributed by atoms with Gasteiger partial charge in [0, 0.05) is 65.3 Å². The van der Waals surface area contributed by atoms with Gasteiger partial charge in [0.1, 0.15) is 41.4 Å². The Bertz CT molecular complexity index is 2420. The highest BCUT2D eigenvalue weighted by Crippen LogP contribution is 2.47. The van der Waals surface area contributed by atoms with E-state index in [1.807, 2.05) is 54.6 Å². The van der Waals surface area contributed by atoms with Crippen LogP contribution in [-0.2, 0) is 16.1 Å². The average Bonchev–Trinajstić information content (AvgIpc) is 3.75. The fraction of sp³-hybridized carbons (Fsp3) is 0.341. The zero-order chi connectivity index (χ0) is 40.8. The van der Waals surface area contributed by atoms with Gasteiger partial charge < -0.3 is 24.4 Å². The molecule has 15 heteroatoms. The second kappa shape index (κ2) is 16.5. The monoisotopic (exact) mass is 885 g/mol. The number of phenols is 1. The minimum Gasteiger partial charge on any atom is -0.508 e. The Balaban J connectivity index is 0.743. The molecule has 59 heavy (non-hydrogen) atoms. The number of carbonyl (C=O) groups is 3. The number of rotatable bonds is 10. The lowest BCUT2D eigenvalue weighted by Crippen LogP contribution is -2.53. The Kier molecular flexibility index (Phi) is 11.0. The van der Waals surface area contributed by atoms with Crippen molar-refractivity contribution in [1.29, 1.82) is 0 Å². The maximum Gasteiger partial charge on any atom is 0.255 e. The molecule has 5 heterocycles. The van der Waals surface area contributed by atoms with E-state index in [1.54, 1.807) is 28.4 Å². The van der Waals surface area contributed by atoms with Crippen molar-refractivity contribution in [3.63, 3.8) is 0 Å². The third kappa shape index (κ3) is 8.00. The summed E-state index contributed by atoms with van der Waals surface area (Å²) in [4.78, 5) is 45.9. The summed E-state index contributed by atoms with van der Waals surface area (Å²) in [6.45, 7) is 5.31.